The first-order valence-electron chi connectivity index (χ1n) is 12.4. The molecular formula is C26H36N6O4. The second kappa shape index (κ2) is 10.3. The average Bonchev–Trinajstić information content (AvgIpc) is 3.33. The van der Waals surface area contributed by atoms with Crippen LogP contribution in [0.5, 0.6) is 5.88 Å². The van der Waals surface area contributed by atoms with Crippen molar-refractivity contribution >= 4 is 23.1 Å². The Bertz CT molecular complexity index is 1250. The quantitative estimate of drug-likeness (QED) is 0.502. The van der Waals surface area contributed by atoms with Gasteiger partial charge in [-0.15, -0.1) is 0 Å². The second-order valence-electron chi connectivity index (χ2n) is 10.1. The highest BCUT2D eigenvalue weighted by Crippen LogP contribution is 2.35. The summed E-state index contributed by atoms with van der Waals surface area (Å²) in [6.07, 6.45) is 5.77. The van der Waals surface area contributed by atoms with Gasteiger partial charge in [-0.25, -0.2) is 14.2 Å². The third-order valence-electron chi connectivity index (χ3n) is 5.91. The van der Waals surface area contributed by atoms with Crippen LogP contribution in [0.1, 0.15) is 64.6 Å². The molecular weight excluding hydrogens is 460 g/mol. The van der Waals surface area contributed by atoms with Gasteiger partial charge in [0.25, 0.3) is 0 Å². The number of pyridine rings is 1. The summed E-state index contributed by atoms with van der Waals surface area (Å²) in [6.45, 7) is 14.2. The van der Waals surface area contributed by atoms with Gasteiger partial charge in [0.2, 0.25) is 5.88 Å². The number of ether oxygens (including phenoxy) is 3. The van der Waals surface area contributed by atoms with Crippen LogP contribution in [-0.2, 0) is 16.5 Å². The van der Waals surface area contributed by atoms with Gasteiger partial charge in [-0.2, -0.15) is 10.2 Å². The van der Waals surface area contributed by atoms with E-state index in [-0.39, 0.29) is 18.9 Å². The lowest BCUT2D eigenvalue weighted by Crippen LogP contribution is -2.37. The van der Waals surface area contributed by atoms with Crippen molar-refractivity contribution in [1.82, 2.24) is 29.9 Å². The molecule has 194 valence electrons. The van der Waals surface area contributed by atoms with E-state index in [9.17, 15) is 4.79 Å². The number of nitrogens with zero attached hydrogens (tertiary/aromatic N) is 5. The Kier molecular flexibility index (Phi) is 7.35. The number of amides is 1. The summed E-state index contributed by atoms with van der Waals surface area (Å²) in [4.78, 5) is 16.8. The first-order valence-corrected chi connectivity index (χ1v) is 12.4. The fourth-order valence-electron chi connectivity index (χ4n) is 4.32. The summed E-state index contributed by atoms with van der Waals surface area (Å²) in [5.41, 5.74) is 3.42. The predicted molar refractivity (Wildman–Crippen MR) is 138 cm³/mol. The highest BCUT2D eigenvalue weighted by Gasteiger charge is 2.24. The van der Waals surface area contributed by atoms with Gasteiger partial charge in [-0.3, -0.25) is 4.98 Å². The van der Waals surface area contributed by atoms with E-state index >= 15 is 0 Å². The van der Waals surface area contributed by atoms with E-state index in [2.05, 4.69) is 17.0 Å². The number of fused-ring (bicyclic) bond motifs is 1. The SMILES string of the molecule is C=Cc1nn(C2CCCCO2)c2cnc(-c3c(C)nn(C)c3O[C@@H](C)CNC(=O)OC(C)(C)C)cc12. The highest BCUT2D eigenvalue weighted by molar-refractivity contribution is 5.90. The van der Waals surface area contributed by atoms with E-state index in [1.165, 1.54) is 0 Å². The predicted octanol–water partition coefficient (Wildman–Crippen LogP) is 4.77. The van der Waals surface area contributed by atoms with Gasteiger partial charge in [-0.05, 0) is 66.0 Å². The molecule has 10 heteroatoms. The molecule has 1 unspecified atom stereocenters. The zero-order chi connectivity index (χ0) is 26.0. The normalized spacial score (nSPS) is 17.1. The van der Waals surface area contributed by atoms with Gasteiger partial charge in [0, 0.05) is 19.0 Å². The molecule has 0 radical (unpaired) electrons. The van der Waals surface area contributed by atoms with Crippen molar-refractivity contribution in [3.63, 3.8) is 0 Å². The lowest BCUT2D eigenvalue weighted by atomic mass is 10.1. The molecule has 0 aliphatic carbocycles. The van der Waals surface area contributed by atoms with Crippen LogP contribution in [0.4, 0.5) is 4.79 Å². The van der Waals surface area contributed by atoms with Crippen molar-refractivity contribution in [1.29, 1.82) is 0 Å². The van der Waals surface area contributed by atoms with E-state index < -0.39 is 11.7 Å². The number of rotatable bonds is 7. The van der Waals surface area contributed by atoms with E-state index in [4.69, 9.17) is 24.3 Å². The molecule has 0 bridgehead atoms. The molecule has 1 saturated heterocycles. The van der Waals surface area contributed by atoms with Gasteiger partial charge in [0.1, 0.15) is 11.7 Å². The van der Waals surface area contributed by atoms with E-state index in [0.29, 0.717) is 5.88 Å². The maximum absolute atomic E-state index is 12.0. The number of carbonyl (C=O) groups is 1. The average molecular weight is 497 g/mol. The zero-order valence-corrected chi connectivity index (χ0v) is 22.0. The maximum Gasteiger partial charge on any atom is 0.407 e. The molecule has 1 amide bonds. The van der Waals surface area contributed by atoms with Crippen LogP contribution in [0, 0.1) is 6.92 Å². The van der Waals surface area contributed by atoms with Gasteiger partial charge < -0.3 is 19.5 Å². The number of alkyl carbamates (subject to hydrolysis) is 1. The van der Waals surface area contributed by atoms with Crippen LogP contribution >= 0.6 is 0 Å². The smallest absolute Gasteiger partial charge is 0.407 e. The minimum absolute atomic E-state index is 0.0973. The molecule has 0 saturated carbocycles. The molecule has 1 aliphatic heterocycles. The topological polar surface area (TPSA) is 105 Å². The van der Waals surface area contributed by atoms with Crippen LogP contribution in [-0.4, -0.2) is 55.5 Å². The van der Waals surface area contributed by atoms with Crippen LogP contribution in [0.3, 0.4) is 0 Å². The fourth-order valence-corrected chi connectivity index (χ4v) is 4.32. The first kappa shape index (κ1) is 25.7. The van der Waals surface area contributed by atoms with Crippen molar-refractivity contribution in [2.24, 2.45) is 7.05 Å². The van der Waals surface area contributed by atoms with E-state index in [0.717, 1.165) is 59.4 Å². The molecule has 3 aromatic rings. The van der Waals surface area contributed by atoms with Crippen molar-refractivity contribution < 1.29 is 19.0 Å². The first-order chi connectivity index (χ1) is 17.1. The van der Waals surface area contributed by atoms with Crippen LogP contribution in [0.25, 0.3) is 28.2 Å². The number of hydrogen-bond donors (Lipinski definition) is 1. The molecule has 0 spiro atoms. The van der Waals surface area contributed by atoms with Gasteiger partial charge in [0.05, 0.1) is 40.9 Å². The van der Waals surface area contributed by atoms with Gasteiger partial charge in [0.15, 0.2) is 6.23 Å². The van der Waals surface area contributed by atoms with E-state index in [1.807, 2.05) is 58.6 Å². The lowest BCUT2D eigenvalue weighted by Gasteiger charge is -2.23. The van der Waals surface area contributed by atoms with E-state index in [1.54, 1.807) is 10.8 Å². The summed E-state index contributed by atoms with van der Waals surface area (Å²) < 4.78 is 21.1. The minimum Gasteiger partial charge on any atom is -0.472 e. The van der Waals surface area contributed by atoms with Crippen LogP contribution < -0.4 is 10.1 Å². The molecule has 0 aromatic carbocycles. The molecule has 4 rings (SSSR count). The summed E-state index contributed by atoms with van der Waals surface area (Å²) in [7, 11) is 1.83. The Hall–Kier alpha value is -3.40. The summed E-state index contributed by atoms with van der Waals surface area (Å²) >= 11 is 0. The van der Waals surface area contributed by atoms with Crippen molar-refractivity contribution in [3.05, 3.63) is 30.2 Å². The maximum atomic E-state index is 12.0. The molecule has 2 atom stereocenters. The second-order valence-corrected chi connectivity index (χ2v) is 10.1. The Morgan fingerprint density at radius 1 is 1.36 bits per heavy atom. The van der Waals surface area contributed by atoms with Crippen LogP contribution in [0.15, 0.2) is 18.8 Å². The Morgan fingerprint density at radius 2 is 2.14 bits per heavy atom. The summed E-state index contributed by atoms with van der Waals surface area (Å²) in [5.74, 6) is 0.570. The number of aromatic nitrogens is 5. The Morgan fingerprint density at radius 3 is 2.81 bits per heavy atom. The van der Waals surface area contributed by atoms with Gasteiger partial charge >= 0.3 is 6.09 Å². The third-order valence-corrected chi connectivity index (χ3v) is 5.91. The monoisotopic (exact) mass is 496 g/mol. The van der Waals surface area contributed by atoms with Crippen molar-refractivity contribution in [2.45, 2.75) is 71.8 Å². The van der Waals surface area contributed by atoms with Crippen molar-refractivity contribution in [3.8, 4) is 17.1 Å². The van der Waals surface area contributed by atoms with Crippen molar-refractivity contribution in [2.75, 3.05) is 13.2 Å². The summed E-state index contributed by atoms with van der Waals surface area (Å²) in [6, 6.07) is 2.00. The third kappa shape index (κ3) is 5.53. The number of carbonyl (C=O) groups excluding carboxylic acids is 1. The molecule has 1 fully saturated rings. The summed E-state index contributed by atoms with van der Waals surface area (Å²) in [5, 5.41) is 13.0. The largest absolute Gasteiger partial charge is 0.472 e. The molecule has 4 heterocycles. The Labute approximate surface area is 211 Å². The molecule has 36 heavy (non-hydrogen) atoms. The molecule has 1 aliphatic rings. The fraction of sp³-hybridized carbons (Fsp3) is 0.538. The lowest BCUT2D eigenvalue weighted by molar-refractivity contribution is -0.0367. The number of hydrogen-bond acceptors (Lipinski definition) is 7. The standard InChI is InChI=1S/C26H36N6O4/c1-8-19-18-13-20(27-15-21(18)32(30-19)22-11-9-10-12-34-22)23-17(3)29-31(7)24(23)35-16(2)14-28-25(33)36-26(4,5)6/h8,13,15-16,22H,1,9-12,14H2,2-7H3,(H,28,33)/t16-,22?/m0/s1. The molecule has 10 nitrogen and oxygen atoms in total. The highest BCUT2D eigenvalue weighted by atomic mass is 16.6. The molecule has 1 N–H and O–H groups in total. The minimum atomic E-state index is -0.563. The van der Waals surface area contributed by atoms with Crippen LogP contribution in [0.2, 0.25) is 0 Å². The van der Waals surface area contributed by atoms with Gasteiger partial charge in [-0.1, -0.05) is 6.58 Å². The number of nitrogens with one attached hydrogen (secondary N) is 1. The number of aryl methyl sites for hydroxylation is 2. The zero-order valence-electron chi connectivity index (χ0n) is 22.0. The Balaban J connectivity index is 1.60. The molecule has 3 aromatic heterocycles.